The molecule has 0 radical (unpaired) electrons. The summed E-state index contributed by atoms with van der Waals surface area (Å²) >= 11 is 0. The molecule has 1 aliphatic heterocycles. The molecule has 0 aliphatic carbocycles. The van der Waals surface area contributed by atoms with Crippen LogP contribution in [0.25, 0.3) is 72.3 Å². The van der Waals surface area contributed by atoms with E-state index in [9.17, 15) is 0 Å². The largest absolute Gasteiger partial charge is 0.459 e. The highest BCUT2D eigenvalue weighted by Gasteiger charge is 2.17. The maximum Gasteiger partial charge on any atom is 0.120 e. The summed E-state index contributed by atoms with van der Waals surface area (Å²) in [5.41, 5.74) is 7.27. The Morgan fingerprint density at radius 1 is 0.429 bits per heavy atom. The molecule has 0 atom stereocenters. The SMILES string of the molecule is C=C1/C=C\C(c2ccc(-c3c4ccccc4c(-c4cccc5ccccc45)c4ccccc34)cc2)=C/CC/C=c2/cccc/c2=C/C(=C)O1. The van der Waals surface area contributed by atoms with Crippen LogP contribution in [0.15, 0.2) is 182 Å². The van der Waals surface area contributed by atoms with Crippen LogP contribution >= 0.6 is 0 Å². The van der Waals surface area contributed by atoms with Crippen molar-refractivity contribution in [1.29, 1.82) is 0 Å². The molecule has 0 spiro atoms. The van der Waals surface area contributed by atoms with Crippen LogP contribution in [0.5, 0.6) is 0 Å². The standard InChI is InChI=1S/C48H36O/c1-33-26-27-36(16-4-3-14-35-15-5-6-18-40(35)32-34(2)49-33)37-28-30-39(31-29-37)47-43-21-9-11-23-45(43)48(46-24-12-10-22-44(46)47)42-25-13-19-38-17-7-8-20-41(38)42/h5-32H,1-4H2/b27-26-,35-14-,36-16+,40-32-. The molecule has 1 nitrogen and oxygen atoms in total. The molecule has 0 fully saturated rings. The van der Waals surface area contributed by atoms with E-state index in [0.29, 0.717) is 11.5 Å². The highest BCUT2D eigenvalue weighted by atomic mass is 16.5. The van der Waals surface area contributed by atoms with Crippen molar-refractivity contribution in [2.75, 3.05) is 0 Å². The fourth-order valence-electron chi connectivity index (χ4n) is 7.18. The van der Waals surface area contributed by atoms with E-state index in [2.05, 4.69) is 165 Å². The number of ether oxygens (including phenoxy) is 1. The molecule has 0 N–H and O–H groups in total. The summed E-state index contributed by atoms with van der Waals surface area (Å²) in [4.78, 5) is 0. The van der Waals surface area contributed by atoms with Crippen LogP contribution < -0.4 is 10.4 Å². The first-order chi connectivity index (χ1) is 24.1. The monoisotopic (exact) mass is 628 g/mol. The molecule has 49 heavy (non-hydrogen) atoms. The van der Waals surface area contributed by atoms with Gasteiger partial charge in [0.25, 0.3) is 0 Å². The van der Waals surface area contributed by atoms with Crippen LogP contribution in [0.4, 0.5) is 0 Å². The lowest BCUT2D eigenvalue weighted by atomic mass is 9.84. The van der Waals surface area contributed by atoms with Crippen LogP contribution in [0.3, 0.4) is 0 Å². The van der Waals surface area contributed by atoms with Gasteiger partial charge in [-0.05, 0) is 101 Å². The lowest BCUT2D eigenvalue weighted by Crippen LogP contribution is -2.23. The van der Waals surface area contributed by atoms with Crippen LogP contribution in [0.1, 0.15) is 18.4 Å². The Morgan fingerprint density at radius 2 is 0.980 bits per heavy atom. The Bertz CT molecular complexity index is 2530. The minimum atomic E-state index is 0.550. The third-order valence-corrected chi connectivity index (χ3v) is 9.42. The number of fused-ring (bicyclic) bond motifs is 4. The quantitative estimate of drug-likeness (QED) is 0.177. The summed E-state index contributed by atoms with van der Waals surface area (Å²) in [6, 6.07) is 50.4. The van der Waals surface area contributed by atoms with Gasteiger partial charge in [-0.25, -0.2) is 0 Å². The average Bonchev–Trinajstić information content (AvgIpc) is 3.15. The van der Waals surface area contributed by atoms with Crippen LogP contribution in [-0.4, -0.2) is 0 Å². The zero-order chi connectivity index (χ0) is 33.2. The van der Waals surface area contributed by atoms with Crippen molar-refractivity contribution in [2.45, 2.75) is 12.8 Å². The Kier molecular flexibility index (Phi) is 8.09. The van der Waals surface area contributed by atoms with Gasteiger partial charge in [0.15, 0.2) is 0 Å². The first kappa shape index (κ1) is 30.2. The Morgan fingerprint density at radius 3 is 1.69 bits per heavy atom. The van der Waals surface area contributed by atoms with E-state index in [0.717, 1.165) is 29.2 Å². The van der Waals surface area contributed by atoms with Gasteiger partial charge in [-0.3, -0.25) is 0 Å². The molecule has 0 bridgehead atoms. The molecule has 1 aliphatic rings. The normalized spacial score (nSPS) is 16.9. The molecule has 1 heteroatoms. The van der Waals surface area contributed by atoms with E-state index in [4.69, 9.17) is 4.74 Å². The Balaban J connectivity index is 1.23. The second-order valence-corrected chi connectivity index (χ2v) is 12.5. The summed E-state index contributed by atoms with van der Waals surface area (Å²) in [6.45, 7) is 8.24. The van der Waals surface area contributed by atoms with Crippen molar-refractivity contribution in [3.8, 4) is 22.3 Å². The zero-order valence-electron chi connectivity index (χ0n) is 27.4. The third kappa shape index (κ3) is 5.92. The third-order valence-electron chi connectivity index (χ3n) is 9.42. The van der Waals surface area contributed by atoms with Gasteiger partial charge in [0.05, 0.1) is 0 Å². The van der Waals surface area contributed by atoms with Crippen molar-refractivity contribution in [3.63, 3.8) is 0 Å². The predicted molar refractivity (Wildman–Crippen MR) is 210 cm³/mol. The van der Waals surface area contributed by atoms with Gasteiger partial charge in [-0.1, -0.05) is 171 Å². The fourth-order valence-corrected chi connectivity index (χ4v) is 7.18. The van der Waals surface area contributed by atoms with Gasteiger partial charge < -0.3 is 4.74 Å². The number of hydrogen-bond donors (Lipinski definition) is 0. The van der Waals surface area contributed by atoms with E-state index in [-0.39, 0.29) is 0 Å². The van der Waals surface area contributed by atoms with Gasteiger partial charge in [-0.2, -0.15) is 0 Å². The van der Waals surface area contributed by atoms with Crippen molar-refractivity contribution in [2.24, 2.45) is 0 Å². The van der Waals surface area contributed by atoms with E-state index < -0.39 is 0 Å². The minimum Gasteiger partial charge on any atom is -0.459 e. The topological polar surface area (TPSA) is 9.23 Å². The lowest BCUT2D eigenvalue weighted by Gasteiger charge is -2.19. The van der Waals surface area contributed by atoms with Crippen molar-refractivity contribution >= 4 is 50.0 Å². The van der Waals surface area contributed by atoms with Gasteiger partial charge in [0, 0.05) is 0 Å². The molecule has 7 aromatic rings. The first-order valence-electron chi connectivity index (χ1n) is 16.9. The van der Waals surface area contributed by atoms with Gasteiger partial charge in [-0.15, -0.1) is 0 Å². The number of hydrogen-bond acceptors (Lipinski definition) is 1. The van der Waals surface area contributed by atoms with Gasteiger partial charge >= 0.3 is 0 Å². The van der Waals surface area contributed by atoms with Crippen LogP contribution in [0.2, 0.25) is 0 Å². The van der Waals surface area contributed by atoms with Crippen molar-refractivity contribution in [1.82, 2.24) is 0 Å². The molecule has 0 saturated heterocycles. The highest BCUT2D eigenvalue weighted by molar-refractivity contribution is 6.23. The molecule has 8 rings (SSSR count). The average molecular weight is 629 g/mol. The maximum absolute atomic E-state index is 5.96. The number of benzene rings is 7. The van der Waals surface area contributed by atoms with Gasteiger partial charge in [0.1, 0.15) is 11.5 Å². The lowest BCUT2D eigenvalue weighted by molar-refractivity contribution is 0.347. The van der Waals surface area contributed by atoms with E-state index in [1.54, 1.807) is 0 Å². The molecule has 0 unspecified atom stereocenters. The Labute approximate surface area is 287 Å². The molecular formula is C48H36O. The van der Waals surface area contributed by atoms with Crippen molar-refractivity contribution < 1.29 is 4.74 Å². The molecule has 0 aromatic heterocycles. The minimum absolute atomic E-state index is 0.550. The second kappa shape index (κ2) is 13.1. The summed E-state index contributed by atoms with van der Waals surface area (Å²) in [7, 11) is 0. The highest BCUT2D eigenvalue weighted by Crippen LogP contribution is 2.45. The second-order valence-electron chi connectivity index (χ2n) is 12.5. The molecule has 0 amide bonds. The predicted octanol–water partition coefficient (Wildman–Crippen LogP) is 11.5. The fraction of sp³-hybridized carbons (Fsp3) is 0.0417. The van der Waals surface area contributed by atoms with E-state index in [1.807, 2.05) is 18.2 Å². The maximum atomic E-state index is 5.96. The van der Waals surface area contributed by atoms with E-state index in [1.165, 1.54) is 59.8 Å². The summed E-state index contributed by atoms with van der Waals surface area (Å²) in [5, 5.41) is 9.80. The molecule has 0 saturated carbocycles. The summed E-state index contributed by atoms with van der Waals surface area (Å²) < 4.78 is 5.96. The summed E-state index contributed by atoms with van der Waals surface area (Å²) in [5.74, 6) is 1.12. The van der Waals surface area contributed by atoms with Crippen LogP contribution in [0, 0.1) is 0 Å². The molecular weight excluding hydrogens is 593 g/mol. The summed E-state index contributed by atoms with van der Waals surface area (Å²) in [6.07, 6.45) is 12.4. The van der Waals surface area contributed by atoms with Gasteiger partial charge in [0.2, 0.25) is 0 Å². The molecule has 1 heterocycles. The van der Waals surface area contributed by atoms with Crippen LogP contribution in [-0.2, 0) is 4.74 Å². The Hall–Kier alpha value is -6.18. The smallest absolute Gasteiger partial charge is 0.120 e. The number of allylic oxidation sites excluding steroid dienone is 5. The number of rotatable bonds is 3. The van der Waals surface area contributed by atoms with E-state index >= 15 is 0 Å². The molecule has 7 aromatic carbocycles. The molecule has 234 valence electrons. The van der Waals surface area contributed by atoms with Crippen molar-refractivity contribution in [3.05, 3.63) is 198 Å². The zero-order valence-corrected chi connectivity index (χ0v) is 27.4. The first-order valence-corrected chi connectivity index (χ1v) is 16.9.